The molecule has 4 heteroatoms. The number of hydrogen-bond acceptors (Lipinski definition) is 2. The van der Waals surface area contributed by atoms with Crippen LogP contribution in [0.5, 0.6) is 0 Å². The SMILES string of the molecule is CC(CC(=O)N(C)c1ccccc1)Cc1cccc(N2CCCCC(C(C)C)C2=O)c1. The van der Waals surface area contributed by atoms with Gasteiger partial charge in [0.05, 0.1) is 0 Å². The van der Waals surface area contributed by atoms with Gasteiger partial charge in [-0.15, -0.1) is 0 Å². The molecule has 2 atom stereocenters. The Bertz CT molecular complexity index is 878. The molecule has 1 fully saturated rings. The Morgan fingerprint density at radius 1 is 1.06 bits per heavy atom. The van der Waals surface area contributed by atoms with Crippen molar-refractivity contribution in [1.29, 1.82) is 0 Å². The maximum atomic E-state index is 13.2. The fourth-order valence-corrected chi connectivity index (χ4v) is 4.50. The van der Waals surface area contributed by atoms with Crippen molar-refractivity contribution in [2.75, 3.05) is 23.4 Å². The van der Waals surface area contributed by atoms with Crippen LogP contribution in [0, 0.1) is 17.8 Å². The molecule has 1 aliphatic heterocycles. The zero-order valence-corrected chi connectivity index (χ0v) is 19.4. The zero-order valence-electron chi connectivity index (χ0n) is 19.4. The predicted octanol–water partition coefficient (Wildman–Crippen LogP) is 5.71. The number of rotatable bonds is 7. The Morgan fingerprint density at radius 2 is 1.81 bits per heavy atom. The van der Waals surface area contributed by atoms with Crippen molar-refractivity contribution >= 4 is 23.2 Å². The molecule has 1 saturated heterocycles. The molecule has 2 aromatic rings. The summed E-state index contributed by atoms with van der Waals surface area (Å²) in [5.74, 6) is 1.08. The molecule has 0 aliphatic carbocycles. The third-order valence-electron chi connectivity index (χ3n) is 6.38. The normalized spacial score (nSPS) is 18.0. The summed E-state index contributed by atoms with van der Waals surface area (Å²) in [5, 5.41) is 0. The summed E-state index contributed by atoms with van der Waals surface area (Å²) in [6.07, 6.45) is 4.46. The molecule has 0 bridgehead atoms. The number of carbonyl (C=O) groups is 2. The van der Waals surface area contributed by atoms with E-state index in [4.69, 9.17) is 0 Å². The van der Waals surface area contributed by atoms with Crippen LogP contribution in [0.2, 0.25) is 0 Å². The number of benzene rings is 2. The molecule has 31 heavy (non-hydrogen) atoms. The minimum atomic E-state index is 0.108. The predicted molar refractivity (Wildman–Crippen MR) is 128 cm³/mol. The number of para-hydroxylation sites is 1. The van der Waals surface area contributed by atoms with E-state index in [0.29, 0.717) is 12.3 Å². The van der Waals surface area contributed by atoms with Crippen molar-refractivity contribution in [3.8, 4) is 0 Å². The quantitative estimate of drug-likeness (QED) is 0.576. The van der Waals surface area contributed by atoms with Gasteiger partial charge in [-0.3, -0.25) is 9.59 Å². The molecule has 0 aromatic heterocycles. The summed E-state index contributed by atoms with van der Waals surface area (Å²) >= 11 is 0. The first-order valence-electron chi connectivity index (χ1n) is 11.6. The largest absolute Gasteiger partial charge is 0.315 e. The minimum Gasteiger partial charge on any atom is -0.315 e. The maximum Gasteiger partial charge on any atom is 0.230 e. The van der Waals surface area contributed by atoms with Gasteiger partial charge in [0.1, 0.15) is 0 Å². The monoisotopic (exact) mass is 420 g/mol. The number of hydrogen-bond donors (Lipinski definition) is 0. The average molecular weight is 421 g/mol. The number of anilines is 2. The fraction of sp³-hybridized carbons (Fsp3) is 0.481. The molecule has 0 spiro atoms. The third-order valence-corrected chi connectivity index (χ3v) is 6.38. The van der Waals surface area contributed by atoms with Gasteiger partial charge in [0, 0.05) is 37.3 Å². The molecule has 3 rings (SSSR count). The van der Waals surface area contributed by atoms with E-state index in [1.165, 1.54) is 5.56 Å². The lowest BCUT2D eigenvalue weighted by molar-refractivity contribution is -0.123. The van der Waals surface area contributed by atoms with E-state index in [9.17, 15) is 9.59 Å². The van der Waals surface area contributed by atoms with Gasteiger partial charge in [-0.25, -0.2) is 0 Å². The average Bonchev–Trinajstić information content (AvgIpc) is 2.95. The highest BCUT2D eigenvalue weighted by Gasteiger charge is 2.30. The summed E-state index contributed by atoms with van der Waals surface area (Å²) in [7, 11) is 1.83. The molecule has 1 aliphatic rings. The van der Waals surface area contributed by atoms with Crippen molar-refractivity contribution in [3.63, 3.8) is 0 Å². The van der Waals surface area contributed by atoms with Crippen molar-refractivity contribution < 1.29 is 9.59 Å². The van der Waals surface area contributed by atoms with Crippen LogP contribution in [0.4, 0.5) is 11.4 Å². The smallest absolute Gasteiger partial charge is 0.230 e. The van der Waals surface area contributed by atoms with E-state index in [-0.39, 0.29) is 23.7 Å². The molecule has 2 unspecified atom stereocenters. The van der Waals surface area contributed by atoms with Crippen molar-refractivity contribution in [2.45, 2.75) is 52.9 Å². The molecule has 0 saturated carbocycles. The van der Waals surface area contributed by atoms with Crippen LogP contribution in [0.3, 0.4) is 0 Å². The molecule has 0 N–H and O–H groups in total. The molecule has 166 valence electrons. The van der Waals surface area contributed by atoms with Crippen LogP contribution in [-0.4, -0.2) is 25.4 Å². The highest BCUT2D eigenvalue weighted by atomic mass is 16.2. The molecule has 1 heterocycles. The van der Waals surface area contributed by atoms with Crippen molar-refractivity contribution in [1.82, 2.24) is 0 Å². The molecule has 2 amide bonds. The Morgan fingerprint density at radius 3 is 2.52 bits per heavy atom. The van der Waals surface area contributed by atoms with Gasteiger partial charge in [-0.05, 0) is 60.9 Å². The second-order valence-electron chi connectivity index (χ2n) is 9.31. The van der Waals surface area contributed by atoms with E-state index in [2.05, 4.69) is 32.9 Å². The topological polar surface area (TPSA) is 40.6 Å². The fourth-order valence-electron chi connectivity index (χ4n) is 4.50. The molecule has 0 radical (unpaired) electrons. The Balaban J connectivity index is 1.66. The second kappa shape index (κ2) is 10.6. The minimum absolute atomic E-state index is 0.108. The second-order valence-corrected chi connectivity index (χ2v) is 9.31. The van der Waals surface area contributed by atoms with Gasteiger partial charge in [-0.1, -0.05) is 57.5 Å². The molecular weight excluding hydrogens is 384 g/mol. The zero-order chi connectivity index (χ0) is 22.4. The van der Waals surface area contributed by atoms with E-state index in [0.717, 1.165) is 43.6 Å². The van der Waals surface area contributed by atoms with Gasteiger partial charge in [0.15, 0.2) is 0 Å². The van der Waals surface area contributed by atoms with Gasteiger partial charge in [0.2, 0.25) is 11.8 Å². The van der Waals surface area contributed by atoms with Crippen LogP contribution in [-0.2, 0) is 16.0 Å². The van der Waals surface area contributed by atoms with E-state index in [1.807, 2.05) is 54.4 Å². The molecule has 4 nitrogen and oxygen atoms in total. The third kappa shape index (κ3) is 5.96. The van der Waals surface area contributed by atoms with Gasteiger partial charge >= 0.3 is 0 Å². The highest BCUT2D eigenvalue weighted by Crippen LogP contribution is 2.29. The molecular formula is C27H36N2O2. The lowest BCUT2D eigenvalue weighted by atomic mass is 9.90. The summed E-state index contributed by atoms with van der Waals surface area (Å²) < 4.78 is 0. The van der Waals surface area contributed by atoms with Crippen LogP contribution >= 0.6 is 0 Å². The summed E-state index contributed by atoms with van der Waals surface area (Å²) in [4.78, 5) is 29.6. The standard InChI is InChI=1S/C27H36N2O2/c1-20(2)25-15-8-9-16-29(27(25)31)24-14-10-11-22(19-24)17-21(3)18-26(30)28(4)23-12-6-5-7-13-23/h5-7,10-14,19-21,25H,8-9,15-18H2,1-4H3. The van der Waals surface area contributed by atoms with Gasteiger partial charge < -0.3 is 9.80 Å². The van der Waals surface area contributed by atoms with Gasteiger partial charge in [0.25, 0.3) is 0 Å². The van der Waals surface area contributed by atoms with E-state index in [1.54, 1.807) is 4.90 Å². The molecule has 2 aromatic carbocycles. The number of nitrogens with zero attached hydrogens (tertiary/aromatic N) is 2. The number of amides is 2. The Labute approximate surface area is 187 Å². The first kappa shape index (κ1) is 23.1. The lowest BCUT2D eigenvalue weighted by Crippen LogP contribution is -2.37. The first-order chi connectivity index (χ1) is 14.9. The highest BCUT2D eigenvalue weighted by molar-refractivity contribution is 5.95. The van der Waals surface area contributed by atoms with Crippen LogP contribution < -0.4 is 9.80 Å². The van der Waals surface area contributed by atoms with E-state index >= 15 is 0 Å². The van der Waals surface area contributed by atoms with Crippen LogP contribution in [0.25, 0.3) is 0 Å². The van der Waals surface area contributed by atoms with Crippen molar-refractivity contribution in [3.05, 3.63) is 60.2 Å². The summed E-state index contributed by atoms with van der Waals surface area (Å²) in [5.41, 5.74) is 3.09. The van der Waals surface area contributed by atoms with E-state index < -0.39 is 0 Å². The maximum absolute atomic E-state index is 13.2. The number of carbonyl (C=O) groups excluding carboxylic acids is 2. The van der Waals surface area contributed by atoms with Crippen LogP contribution in [0.15, 0.2) is 54.6 Å². The summed E-state index contributed by atoms with van der Waals surface area (Å²) in [6, 6.07) is 18.1. The summed E-state index contributed by atoms with van der Waals surface area (Å²) in [6.45, 7) is 7.21. The van der Waals surface area contributed by atoms with Gasteiger partial charge in [-0.2, -0.15) is 0 Å². The Hall–Kier alpha value is -2.62. The first-order valence-corrected chi connectivity index (χ1v) is 11.6. The lowest BCUT2D eigenvalue weighted by Gasteiger charge is -2.27. The Kier molecular flexibility index (Phi) is 7.89. The van der Waals surface area contributed by atoms with Crippen molar-refractivity contribution in [2.24, 2.45) is 17.8 Å². The van der Waals surface area contributed by atoms with Crippen LogP contribution in [0.1, 0.15) is 52.0 Å².